The van der Waals surface area contributed by atoms with Gasteiger partial charge in [0, 0.05) is 34.6 Å². The van der Waals surface area contributed by atoms with Gasteiger partial charge in [-0.3, -0.25) is 9.59 Å². The molecule has 104 valence electrons. The first-order valence-corrected chi connectivity index (χ1v) is 7.30. The largest absolute Gasteiger partial charge is 0.370 e. The molecule has 19 heavy (non-hydrogen) atoms. The van der Waals surface area contributed by atoms with E-state index in [0.29, 0.717) is 17.2 Å². The highest BCUT2D eigenvalue weighted by Gasteiger charge is 2.09. The van der Waals surface area contributed by atoms with Crippen LogP contribution in [0.1, 0.15) is 19.8 Å². The highest BCUT2D eigenvalue weighted by atomic mass is 35.5. The Bertz CT molecular complexity index is 437. The van der Waals surface area contributed by atoms with E-state index in [-0.39, 0.29) is 18.4 Å². The second-order valence-corrected chi connectivity index (χ2v) is 5.80. The predicted molar refractivity (Wildman–Crippen MR) is 78.2 cm³/mol. The quantitative estimate of drug-likeness (QED) is 0.758. The van der Waals surface area contributed by atoms with Gasteiger partial charge in [0.2, 0.25) is 11.8 Å². The van der Waals surface area contributed by atoms with Crippen molar-refractivity contribution in [2.45, 2.75) is 30.7 Å². The molecule has 1 aromatic carbocycles. The molecule has 1 atom stereocenters. The number of nitrogens with two attached hydrogens (primary N) is 1. The summed E-state index contributed by atoms with van der Waals surface area (Å²) in [6.45, 7) is 1.76. The predicted octanol–water partition coefficient (Wildman–Crippen LogP) is 2.20. The summed E-state index contributed by atoms with van der Waals surface area (Å²) in [5.41, 5.74) is 5.05. The third kappa shape index (κ3) is 7.08. The van der Waals surface area contributed by atoms with Crippen LogP contribution in [0.15, 0.2) is 29.2 Å². The molecule has 0 heterocycles. The van der Waals surface area contributed by atoms with Gasteiger partial charge in [0.05, 0.1) is 0 Å². The Labute approximate surface area is 122 Å². The fourth-order valence-electron chi connectivity index (χ4n) is 1.49. The minimum absolute atomic E-state index is 0.0739. The maximum absolute atomic E-state index is 11.6. The molecule has 1 rings (SSSR count). The van der Waals surface area contributed by atoms with Crippen molar-refractivity contribution in [3.05, 3.63) is 29.3 Å². The van der Waals surface area contributed by atoms with Crippen LogP contribution in [0.4, 0.5) is 0 Å². The van der Waals surface area contributed by atoms with Crippen LogP contribution in [0.3, 0.4) is 0 Å². The summed E-state index contributed by atoms with van der Waals surface area (Å²) in [4.78, 5) is 23.3. The van der Waals surface area contributed by atoms with Crippen molar-refractivity contribution in [2.24, 2.45) is 5.73 Å². The first kappa shape index (κ1) is 15.9. The number of primary amides is 1. The number of halogens is 1. The Kier molecular flexibility index (Phi) is 6.73. The first-order valence-electron chi connectivity index (χ1n) is 5.93. The molecule has 4 nitrogen and oxygen atoms in total. The summed E-state index contributed by atoms with van der Waals surface area (Å²) >= 11 is 7.37. The number of hydrogen-bond acceptors (Lipinski definition) is 3. The molecule has 6 heteroatoms. The Morgan fingerprint density at radius 3 is 2.58 bits per heavy atom. The molecular formula is C13H17ClN2O2S. The van der Waals surface area contributed by atoms with Crippen LogP contribution in [0.2, 0.25) is 5.02 Å². The van der Waals surface area contributed by atoms with Gasteiger partial charge in [-0.05, 0) is 31.2 Å². The molecule has 3 N–H and O–H groups in total. The SMILES string of the molecule is C[C@@H](CC(N)=O)NC(=O)CCSc1ccc(Cl)cc1. The lowest BCUT2D eigenvalue weighted by Crippen LogP contribution is -2.35. The van der Waals surface area contributed by atoms with Crippen molar-refractivity contribution in [2.75, 3.05) is 5.75 Å². The van der Waals surface area contributed by atoms with E-state index < -0.39 is 5.91 Å². The summed E-state index contributed by atoms with van der Waals surface area (Å²) in [5.74, 6) is 0.190. The minimum atomic E-state index is -0.414. The van der Waals surface area contributed by atoms with Gasteiger partial charge in [-0.25, -0.2) is 0 Å². The normalized spacial score (nSPS) is 11.9. The maximum Gasteiger partial charge on any atom is 0.221 e. The van der Waals surface area contributed by atoms with E-state index in [1.807, 2.05) is 24.3 Å². The van der Waals surface area contributed by atoms with E-state index in [1.54, 1.807) is 18.7 Å². The number of amides is 2. The highest BCUT2D eigenvalue weighted by molar-refractivity contribution is 7.99. The maximum atomic E-state index is 11.6. The van der Waals surface area contributed by atoms with E-state index in [4.69, 9.17) is 17.3 Å². The second-order valence-electron chi connectivity index (χ2n) is 4.19. The number of rotatable bonds is 7. The minimum Gasteiger partial charge on any atom is -0.370 e. The lowest BCUT2D eigenvalue weighted by atomic mass is 10.2. The van der Waals surface area contributed by atoms with Gasteiger partial charge in [-0.1, -0.05) is 11.6 Å². The molecule has 0 aliphatic heterocycles. The lowest BCUT2D eigenvalue weighted by Gasteiger charge is -2.11. The van der Waals surface area contributed by atoms with Crippen molar-refractivity contribution in [3.63, 3.8) is 0 Å². The monoisotopic (exact) mass is 300 g/mol. The molecule has 0 aliphatic rings. The smallest absolute Gasteiger partial charge is 0.221 e. The van der Waals surface area contributed by atoms with Crippen LogP contribution in [0.25, 0.3) is 0 Å². The molecule has 0 spiro atoms. The molecule has 0 saturated heterocycles. The third-order valence-electron chi connectivity index (χ3n) is 2.33. The fraction of sp³-hybridized carbons (Fsp3) is 0.385. The lowest BCUT2D eigenvalue weighted by molar-refractivity contribution is -0.122. The van der Waals surface area contributed by atoms with Crippen LogP contribution in [0, 0.1) is 0 Å². The number of carbonyl (C=O) groups excluding carboxylic acids is 2. The van der Waals surface area contributed by atoms with E-state index in [1.165, 1.54) is 0 Å². The molecule has 0 aromatic heterocycles. The topological polar surface area (TPSA) is 72.2 Å². The van der Waals surface area contributed by atoms with Gasteiger partial charge in [0.15, 0.2) is 0 Å². The summed E-state index contributed by atoms with van der Waals surface area (Å²) in [5, 5.41) is 3.43. The van der Waals surface area contributed by atoms with E-state index in [9.17, 15) is 9.59 Å². The van der Waals surface area contributed by atoms with Crippen LogP contribution in [-0.4, -0.2) is 23.6 Å². The van der Waals surface area contributed by atoms with Crippen molar-refractivity contribution >= 4 is 35.2 Å². The number of carbonyl (C=O) groups is 2. The highest BCUT2D eigenvalue weighted by Crippen LogP contribution is 2.20. The van der Waals surface area contributed by atoms with Gasteiger partial charge in [-0.15, -0.1) is 11.8 Å². The summed E-state index contributed by atoms with van der Waals surface area (Å²) in [6, 6.07) is 7.25. The summed E-state index contributed by atoms with van der Waals surface area (Å²) in [7, 11) is 0. The van der Waals surface area contributed by atoms with Crippen LogP contribution < -0.4 is 11.1 Å². The van der Waals surface area contributed by atoms with Crippen LogP contribution in [-0.2, 0) is 9.59 Å². The number of hydrogen-bond donors (Lipinski definition) is 2. The average molecular weight is 301 g/mol. The molecule has 0 bridgehead atoms. The zero-order chi connectivity index (χ0) is 14.3. The van der Waals surface area contributed by atoms with E-state index in [0.717, 1.165) is 4.90 Å². The molecule has 0 saturated carbocycles. The van der Waals surface area contributed by atoms with Gasteiger partial charge >= 0.3 is 0 Å². The van der Waals surface area contributed by atoms with Crippen LogP contribution >= 0.6 is 23.4 Å². The molecule has 2 amide bonds. The summed E-state index contributed by atoms with van der Waals surface area (Å²) in [6.07, 6.45) is 0.562. The van der Waals surface area contributed by atoms with Crippen LogP contribution in [0.5, 0.6) is 0 Å². The van der Waals surface area contributed by atoms with Crippen molar-refractivity contribution in [1.82, 2.24) is 5.32 Å². The van der Waals surface area contributed by atoms with E-state index in [2.05, 4.69) is 5.32 Å². The standard InChI is InChI=1S/C13H17ClN2O2S/c1-9(8-12(15)17)16-13(18)6-7-19-11-4-2-10(14)3-5-11/h2-5,9H,6-8H2,1H3,(H2,15,17)(H,16,18)/t9-/m0/s1. The summed E-state index contributed by atoms with van der Waals surface area (Å²) < 4.78 is 0. The average Bonchev–Trinajstić information content (AvgIpc) is 2.30. The molecule has 0 aliphatic carbocycles. The zero-order valence-electron chi connectivity index (χ0n) is 10.7. The molecular weight excluding hydrogens is 284 g/mol. The van der Waals surface area contributed by atoms with Crippen molar-refractivity contribution < 1.29 is 9.59 Å². The number of nitrogens with one attached hydrogen (secondary N) is 1. The Balaban J connectivity index is 2.23. The number of benzene rings is 1. The third-order valence-corrected chi connectivity index (χ3v) is 3.59. The Hall–Kier alpha value is -1.20. The molecule has 0 unspecified atom stereocenters. The van der Waals surface area contributed by atoms with Crippen molar-refractivity contribution in [1.29, 1.82) is 0 Å². The van der Waals surface area contributed by atoms with Gasteiger partial charge in [-0.2, -0.15) is 0 Å². The van der Waals surface area contributed by atoms with Gasteiger partial charge in [0.1, 0.15) is 0 Å². The number of thioether (sulfide) groups is 1. The fourth-order valence-corrected chi connectivity index (χ4v) is 2.47. The van der Waals surface area contributed by atoms with Gasteiger partial charge in [0.25, 0.3) is 0 Å². The van der Waals surface area contributed by atoms with Crippen molar-refractivity contribution in [3.8, 4) is 0 Å². The van der Waals surface area contributed by atoms with Gasteiger partial charge < -0.3 is 11.1 Å². The zero-order valence-corrected chi connectivity index (χ0v) is 12.3. The first-order chi connectivity index (χ1) is 8.97. The Morgan fingerprint density at radius 2 is 2.00 bits per heavy atom. The Morgan fingerprint density at radius 1 is 1.37 bits per heavy atom. The second kappa shape index (κ2) is 8.07. The molecule has 0 fully saturated rings. The molecule has 1 aromatic rings. The molecule has 0 radical (unpaired) electrons. The van der Waals surface area contributed by atoms with E-state index >= 15 is 0 Å².